The molecular formula is C13H22N4O. The Bertz CT molecular complexity index is 379. The van der Waals surface area contributed by atoms with E-state index in [0.717, 1.165) is 12.8 Å². The van der Waals surface area contributed by atoms with Crippen LogP contribution in [0.1, 0.15) is 43.5 Å². The summed E-state index contributed by atoms with van der Waals surface area (Å²) in [5, 5.41) is 2.89. The van der Waals surface area contributed by atoms with Crippen molar-refractivity contribution in [2.24, 2.45) is 11.8 Å². The standard InChI is InChI=1S/C13H22N4O/c1-10(2)5-3-4-7-16-13(18)11-6-8-15-9-12(11)17-14/h6,8-10,17H,3-5,7,14H2,1-2H3,(H,16,18). The van der Waals surface area contributed by atoms with Gasteiger partial charge in [0.2, 0.25) is 0 Å². The largest absolute Gasteiger partial charge is 0.352 e. The van der Waals surface area contributed by atoms with Gasteiger partial charge in [-0.2, -0.15) is 0 Å². The van der Waals surface area contributed by atoms with E-state index in [1.54, 1.807) is 12.3 Å². The number of amides is 1. The lowest BCUT2D eigenvalue weighted by molar-refractivity contribution is 0.0953. The number of nitrogens with one attached hydrogen (secondary N) is 2. The van der Waals surface area contributed by atoms with Crippen LogP contribution >= 0.6 is 0 Å². The predicted octanol–water partition coefficient (Wildman–Crippen LogP) is 1.92. The van der Waals surface area contributed by atoms with Gasteiger partial charge in [0.05, 0.1) is 17.4 Å². The summed E-state index contributed by atoms with van der Waals surface area (Å²) in [7, 11) is 0. The molecule has 0 atom stereocenters. The lowest BCUT2D eigenvalue weighted by Gasteiger charge is -2.09. The van der Waals surface area contributed by atoms with E-state index in [9.17, 15) is 4.79 Å². The summed E-state index contributed by atoms with van der Waals surface area (Å²) in [5.41, 5.74) is 3.53. The number of aromatic nitrogens is 1. The fourth-order valence-electron chi connectivity index (χ4n) is 1.68. The van der Waals surface area contributed by atoms with Gasteiger partial charge in [-0.05, 0) is 18.4 Å². The van der Waals surface area contributed by atoms with Crippen LogP contribution in [0.4, 0.5) is 5.69 Å². The molecule has 4 N–H and O–H groups in total. The molecule has 0 aliphatic heterocycles. The molecule has 1 heterocycles. The molecule has 1 rings (SSSR count). The van der Waals surface area contributed by atoms with Crippen molar-refractivity contribution in [2.45, 2.75) is 33.1 Å². The molecule has 5 heteroatoms. The molecule has 0 bridgehead atoms. The van der Waals surface area contributed by atoms with Crippen molar-refractivity contribution < 1.29 is 4.79 Å². The number of carbonyl (C=O) groups excluding carboxylic acids is 1. The number of nitrogens with zero attached hydrogens (tertiary/aromatic N) is 1. The molecular weight excluding hydrogens is 228 g/mol. The second kappa shape index (κ2) is 7.66. The number of carbonyl (C=O) groups is 1. The van der Waals surface area contributed by atoms with E-state index in [1.165, 1.54) is 12.6 Å². The summed E-state index contributed by atoms with van der Waals surface area (Å²) in [4.78, 5) is 15.8. The minimum atomic E-state index is -0.116. The van der Waals surface area contributed by atoms with Crippen molar-refractivity contribution in [3.05, 3.63) is 24.0 Å². The van der Waals surface area contributed by atoms with E-state index in [0.29, 0.717) is 23.7 Å². The molecule has 0 aliphatic rings. The van der Waals surface area contributed by atoms with Crippen molar-refractivity contribution >= 4 is 11.6 Å². The van der Waals surface area contributed by atoms with E-state index in [2.05, 4.69) is 29.6 Å². The number of anilines is 1. The third-order valence-corrected chi connectivity index (χ3v) is 2.72. The second-order valence-electron chi connectivity index (χ2n) is 4.71. The van der Waals surface area contributed by atoms with Crippen LogP contribution < -0.4 is 16.6 Å². The monoisotopic (exact) mass is 250 g/mol. The first-order valence-electron chi connectivity index (χ1n) is 6.34. The number of unbranched alkanes of at least 4 members (excludes halogenated alkanes) is 1. The third-order valence-electron chi connectivity index (χ3n) is 2.72. The SMILES string of the molecule is CC(C)CCCCNC(=O)c1ccncc1NN. The highest BCUT2D eigenvalue weighted by molar-refractivity contribution is 5.99. The molecule has 5 nitrogen and oxygen atoms in total. The molecule has 0 aromatic carbocycles. The molecule has 1 aromatic heterocycles. The van der Waals surface area contributed by atoms with Gasteiger partial charge in [-0.1, -0.05) is 26.7 Å². The number of rotatable bonds is 7. The Morgan fingerprint density at radius 2 is 2.22 bits per heavy atom. The smallest absolute Gasteiger partial charge is 0.253 e. The minimum absolute atomic E-state index is 0.116. The molecule has 18 heavy (non-hydrogen) atoms. The number of hydrogen-bond donors (Lipinski definition) is 3. The lowest BCUT2D eigenvalue weighted by Crippen LogP contribution is -2.26. The topological polar surface area (TPSA) is 80.0 Å². The van der Waals surface area contributed by atoms with Crippen LogP contribution in [-0.4, -0.2) is 17.4 Å². The molecule has 0 aliphatic carbocycles. The van der Waals surface area contributed by atoms with Crippen molar-refractivity contribution in [1.82, 2.24) is 10.3 Å². The lowest BCUT2D eigenvalue weighted by atomic mass is 10.1. The molecule has 0 saturated heterocycles. The molecule has 100 valence electrons. The van der Waals surface area contributed by atoms with Gasteiger partial charge in [-0.15, -0.1) is 0 Å². The van der Waals surface area contributed by atoms with Crippen LogP contribution in [0.15, 0.2) is 18.5 Å². The highest BCUT2D eigenvalue weighted by Gasteiger charge is 2.09. The molecule has 1 amide bonds. The summed E-state index contributed by atoms with van der Waals surface area (Å²) < 4.78 is 0. The summed E-state index contributed by atoms with van der Waals surface area (Å²) in [6.07, 6.45) is 6.44. The van der Waals surface area contributed by atoms with Gasteiger partial charge in [0.25, 0.3) is 5.91 Å². The van der Waals surface area contributed by atoms with Gasteiger partial charge in [-0.3, -0.25) is 15.6 Å². The normalized spacial score (nSPS) is 10.4. The highest BCUT2D eigenvalue weighted by Crippen LogP contribution is 2.11. The molecule has 0 saturated carbocycles. The van der Waals surface area contributed by atoms with Crippen LogP contribution in [-0.2, 0) is 0 Å². The van der Waals surface area contributed by atoms with Crippen LogP contribution in [0.5, 0.6) is 0 Å². The van der Waals surface area contributed by atoms with Crippen molar-refractivity contribution in [3.8, 4) is 0 Å². The number of nitrogens with two attached hydrogens (primary N) is 1. The third kappa shape index (κ3) is 4.71. The van der Waals surface area contributed by atoms with E-state index >= 15 is 0 Å². The Hall–Kier alpha value is -1.62. The predicted molar refractivity (Wildman–Crippen MR) is 73.1 cm³/mol. The van der Waals surface area contributed by atoms with Crippen molar-refractivity contribution in [3.63, 3.8) is 0 Å². The Morgan fingerprint density at radius 3 is 2.89 bits per heavy atom. The van der Waals surface area contributed by atoms with Crippen molar-refractivity contribution in [2.75, 3.05) is 12.0 Å². The Kier molecular flexibility index (Phi) is 6.14. The van der Waals surface area contributed by atoms with Gasteiger partial charge < -0.3 is 10.7 Å². The maximum atomic E-state index is 11.9. The molecule has 0 radical (unpaired) electrons. The zero-order chi connectivity index (χ0) is 13.4. The Labute approximate surface area is 108 Å². The maximum absolute atomic E-state index is 11.9. The average Bonchev–Trinajstić information content (AvgIpc) is 2.37. The fraction of sp³-hybridized carbons (Fsp3) is 0.538. The van der Waals surface area contributed by atoms with Crippen LogP contribution in [0.2, 0.25) is 0 Å². The molecule has 0 unspecified atom stereocenters. The summed E-state index contributed by atoms with van der Waals surface area (Å²) in [6.45, 7) is 5.10. The quantitative estimate of drug-likeness (QED) is 0.392. The summed E-state index contributed by atoms with van der Waals surface area (Å²) in [6, 6.07) is 1.65. The number of hydrogen-bond acceptors (Lipinski definition) is 4. The van der Waals surface area contributed by atoms with Gasteiger partial charge in [0.15, 0.2) is 0 Å². The zero-order valence-corrected chi connectivity index (χ0v) is 11.1. The fourth-order valence-corrected chi connectivity index (χ4v) is 1.68. The van der Waals surface area contributed by atoms with Crippen molar-refractivity contribution in [1.29, 1.82) is 0 Å². The van der Waals surface area contributed by atoms with Crippen LogP contribution in [0.25, 0.3) is 0 Å². The number of pyridine rings is 1. The van der Waals surface area contributed by atoms with Gasteiger partial charge in [0, 0.05) is 12.7 Å². The van der Waals surface area contributed by atoms with E-state index < -0.39 is 0 Å². The summed E-state index contributed by atoms with van der Waals surface area (Å²) >= 11 is 0. The Balaban J connectivity index is 2.36. The molecule has 0 spiro atoms. The molecule has 0 fully saturated rings. The highest BCUT2D eigenvalue weighted by atomic mass is 16.1. The second-order valence-corrected chi connectivity index (χ2v) is 4.71. The van der Waals surface area contributed by atoms with Gasteiger partial charge in [0.1, 0.15) is 0 Å². The minimum Gasteiger partial charge on any atom is -0.352 e. The first-order chi connectivity index (χ1) is 8.65. The van der Waals surface area contributed by atoms with Gasteiger partial charge >= 0.3 is 0 Å². The van der Waals surface area contributed by atoms with E-state index in [4.69, 9.17) is 5.84 Å². The summed E-state index contributed by atoms with van der Waals surface area (Å²) in [5.74, 6) is 5.93. The molecule has 1 aromatic rings. The number of hydrazine groups is 1. The van der Waals surface area contributed by atoms with Gasteiger partial charge in [-0.25, -0.2) is 0 Å². The first-order valence-corrected chi connectivity index (χ1v) is 6.34. The van der Waals surface area contributed by atoms with Crippen LogP contribution in [0, 0.1) is 5.92 Å². The maximum Gasteiger partial charge on any atom is 0.253 e. The van der Waals surface area contributed by atoms with E-state index in [-0.39, 0.29) is 5.91 Å². The number of nitrogen functional groups attached to an aromatic ring is 1. The first kappa shape index (κ1) is 14.4. The average molecular weight is 250 g/mol. The van der Waals surface area contributed by atoms with E-state index in [1.807, 2.05) is 0 Å². The van der Waals surface area contributed by atoms with Crippen LogP contribution in [0.3, 0.4) is 0 Å². The zero-order valence-electron chi connectivity index (χ0n) is 11.1. The Morgan fingerprint density at radius 1 is 1.44 bits per heavy atom.